The summed E-state index contributed by atoms with van der Waals surface area (Å²) in [6, 6.07) is 4.25. The molecule has 0 N–H and O–H groups in total. The van der Waals surface area contributed by atoms with Crippen LogP contribution in [0.15, 0.2) is 17.5 Å². The third-order valence-electron chi connectivity index (χ3n) is 2.84. The molecule has 0 aliphatic heterocycles. The van der Waals surface area contributed by atoms with Crippen LogP contribution < -0.4 is 0 Å². The van der Waals surface area contributed by atoms with Gasteiger partial charge in [0.05, 0.1) is 13.2 Å². The molecule has 0 aliphatic rings. The molecule has 1 unspecified atom stereocenters. The molecule has 1 aromatic heterocycles. The van der Waals surface area contributed by atoms with Gasteiger partial charge in [-0.25, -0.2) is 0 Å². The highest BCUT2D eigenvalue weighted by molar-refractivity contribution is 7.80. The van der Waals surface area contributed by atoms with Gasteiger partial charge in [0.2, 0.25) is 0 Å². The number of rotatable bonds is 6. The monoisotopic (exact) mass is 258 g/mol. The van der Waals surface area contributed by atoms with Gasteiger partial charge in [-0.05, 0) is 28.5 Å². The van der Waals surface area contributed by atoms with Gasteiger partial charge < -0.3 is 4.74 Å². The Bertz CT molecular complexity index is 275. The predicted molar refractivity (Wildman–Crippen MR) is 75.6 cm³/mol. The second kappa shape index (κ2) is 6.67. The van der Waals surface area contributed by atoms with Crippen LogP contribution in [0.2, 0.25) is 0 Å². The van der Waals surface area contributed by atoms with Crippen molar-refractivity contribution in [3.63, 3.8) is 0 Å². The smallest absolute Gasteiger partial charge is 0.0514 e. The zero-order chi connectivity index (χ0) is 12.0. The van der Waals surface area contributed by atoms with E-state index in [0.29, 0.717) is 5.92 Å². The van der Waals surface area contributed by atoms with E-state index in [9.17, 15) is 0 Å². The van der Waals surface area contributed by atoms with E-state index in [-0.39, 0.29) is 5.41 Å². The Morgan fingerprint density at radius 1 is 1.44 bits per heavy atom. The molecule has 1 aromatic rings. The largest absolute Gasteiger partial charge is 0.381 e. The quantitative estimate of drug-likeness (QED) is 0.601. The van der Waals surface area contributed by atoms with Crippen molar-refractivity contribution in [2.45, 2.75) is 27.2 Å². The summed E-state index contributed by atoms with van der Waals surface area (Å²) in [6.07, 6.45) is 1.03. The van der Waals surface area contributed by atoms with Crippen molar-refractivity contribution in [3.05, 3.63) is 22.4 Å². The predicted octanol–water partition coefficient (Wildman–Crippen LogP) is 3.90. The Balaban J connectivity index is 2.19. The van der Waals surface area contributed by atoms with E-state index in [1.807, 2.05) is 0 Å². The maximum Gasteiger partial charge on any atom is 0.0514 e. The van der Waals surface area contributed by atoms with Crippen molar-refractivity contribution in [2.24, 2.45) is 11.3 Å². The number of hydrogen-bond donors (Lipinski definition) is 1. The normalized spacial score (nSPS) is 14.0. The van der Waals surface area contributed by atoms with E-state index < -0.39 is 0 Å². The summed E-state index contributed by atoms with van der Waals surface area (Å²) in [4.78, 5) is 1.40. The van der Waals surface area contributed by atoms with Crippen molar-refractivity contribution in [3.8, 4) is 0 Å². The molecule has 0 fully saturated rings. The van der Waals surface area contributed by atoms with Gasteiger partial charge in [-0.3, -0.25) is 0 Å². The molecule has 92 valence electrons. The van der Waals surface area contributed by atoms with E-state index in [1.165, 1.54) is 4.88 Å². The lowest BCUT2D eigenvalue weighted by atomic mass is 9.82. The SMILES string of the molecule is CC(C)(C)C(CS)COCCc1cccs1. The molecule has 0 spiro atoms. The van der Waals surface area contributed by atoms with E-state index in [4.69, 9.17) is 4.74 Å². The van der Waals surface area contributed by atoms with Crippen LogP contribution in [-0.2, 0) is 11.2 Å². The molecule has 1 atom stereocenters. The fraction of sp³-hybridized carbons (Fsp3) is 0.692. The van der Waals surface area contributed by atoms with Gasteiger partial charge in [0.25, 0.3) is 0 Å². The molecule has 0 radical (unpaired) electrons. The van der Waals surface area contributed by atoms with Crippen LogP contribution in [0, 0.1) is 11.3 Å². The first-order valence-corrected chi connectivity index (χ1v) is 7.26. The fourth-order valence-corrected chi connectivity index (χ4v) is 2.77. The summed E-state index contributed by atoms with van der Waals surface area (Å²) >= 11 is 6.19. The lowest BCUT2D eigenvalue weighted by Gasteiger charge is -2.29. The molecule has 0 bridgehead atoms. The molecular weight excluding hydrogens is 236 g/mol. The van der Waals surface area contributed by atoms with Gasteiger partial charge in [-0.15, -0.1) is 11.3 Å². The molecule has 0 aromatic carbocycles. The zero-order valence-electron chi connectivity index (χ0n) is 10.4. The van der Waals surface area contributed by atoms with E-state index in [0.717, 1.165) is 25.4 Å². The second-order valence-corrected chi connectivity index (χ2v) is 6.55. The molecule has 1 rings (SSSR count). The van der Waals surface area contributed by atoms with Crippen molar-refractivity contribution >= 4 is 24.0 Å². The molecule has 0 aliphatic carbocycles. The minimum atomic E-state index is 0.282. The topological polar surface area (TPSA) is 9.23 Å². The summed E-state index contributed by atoms with van der Waals surface area (Å²) in [5.41, 5.74) is 0.282. The molecule has 1 nitrogen and oxygen atoms in total. The Morgan fingerprint density at radius 2 is 2.19 bits per heavy atom. The molecule has 0 saturated heterocycles. The summed E-state index contributed by atoms with van der Waals surface area (Å²) in [5.74, 6) is 1.42. The van der Waals surface area contributed by atoms with E-state index in [1.54, 1.807) is 11.3 Å². The van der Waals surface area contributed by atoms with Crippen LogP contribution in [0.4, 0.5) is 0 Å². The van der Waals surface area contributed by atoms with Crippen molar-refractivity contribution in [2.75, 3.05) is 19.0 Å². The lowest BCUT2D eigenvalue weighted by molar-refractivity contribution is 0.0684. The number of thiol groups is 1. The maximum atomic E-state index is 5.74. The van der Waals surface area contributed by atoms with Crippen LogP contribution in [0.25, 0.3) is 0 Å². The second-order valence-electron chi connectivity index (χ2n) is 5.15. The van der Waals surface area contributed by atoms with Crippen molar-refractivity contribution in [1.29, 1.82) is 0 Å². The van der Waals surface area contributed by atoms with Gasteiger partial charge in [0, 0.05) is 11.3 Å². The number of ether oxygens (including phenoxy) is 1. The number of hydrogen-bond acceptors (Lipinski definition) is 3. The average molecular weight is 258 g/mol. The van der Waals surface area contributed by atoms with Gasteiger partial charge in [0.15, 0.2) is 0 Å². The highest BCUT2D eigenvalue weighted by Crippen LogP contribution is 2.27. The first-order valence-electron chi connectivity index (χ1n) is 5.75. The average Bonchev–Trinajstić information content (AvgIpc) is 2.68. The lowest BCUT2D eigenvalue weighted by Crippen LogP contribution is -2.27. The molecule has 0 saturated carbocycles. The summed E-state index contributed by atoms with van der Waals surface area (Å²) in [6.45, 7) is 8.38. The molecule has 3 heteroatoms. The van der Waals surface area contributed by atoms with E-state index in [2.05, 4.69) is 50.9 Å². The zero-order valence-corrected chi connectivity index (χ0v) is 12.1. The third-order valence-corrected chi connectivity index (χ3v) is 4.21. The van der Waals surface area contributed by atoms with Gasteiger partial charge in [0.1, 0.15) is 0 Å². The minimum absolute atomic E-state index is 0.282. The highest BCUT2D eigenvalue weighted by Gasteiger charge is 2.23. The first kappa shape index (κ1) is 14.1. The van der Waals surface area contributed by atoms with Gasteiger partial charge in [-0.1, -0.05) is 26.8 Å². The van der Waals surface area contributed by atoms with Crippen molar-refractivity contribution in [1.82, 2.24) is 0 Å². The summed E-state index contributed by atoms with van der Waals surface area (Å²) in [7, 11) is 0. The third kappa shape index (κ3) is 4.89. The molecule has 16 heavy (non-hydrogen) atoms. The Labute approximate surface area is 109 Å². The maximum absolute atomic E-state index is 5.74. The summed E-state index contributed by atoms with van der Waals surface area (Å²) in [5, 5.41) is 2.11. The van der Waals surface area contributed by atoms with E-state index >= 15 is 0 Å². The van der Waals surface area contributed by atoms with Crippen LogP contribution in [0.5, 0.6) is 0 Å². The Morgan fingerprint density at radius 3 is 2.69 bits per heavy atom. The summed E-state index contributed by atoms with van der Waals surface area (Å²) < 4.78 is 5.74. The van der Waals surface area contributed by atoms with Gasteiger partial charge in [-0.2, -0.15) is 12.6 Å². The first-order chi connectivity index (χ1) is 7.54. The Hall–Kier alpha value is 0.01000. The molecular formula is C13H22OS2. The minimum Gasteiger partial charge on any atom is -0.381 e. The van der Waals surface area contributed by atoms with Crippen molar-refractivity contribution < 1.29 is 4.74 Å². The standard InChI is InChI=1S/C13H22OS2/c1-13(2,3)11(10-15)9-14-7-6-12-5-4-8-16-12/h4-5,8,11,15H,6-7,9-10H2,1-3H3. The molecule has 1 heterocycles. The highest BCUT2D eigenvalue weighted by atomic mass is 32.1. The van der Waals surface area contributed by atoms with Crippen LogP contribution in [-0.4, -0.2) is 19.0 Å². The van der Waals surface area contributed by atoms with Crippen LogP contribution in [0.1, 0.15) is 25.6 Å². The fourth-order valence-electron chi connectivity index (χ4n) is 1.43. The van der Waals surface area contributed by atoms with Crippen LogP contribution >= 0.6 is 24.0 Å². The van der Waals surface area contributed by atoms with Crippen LogP contribution in [0.3, 0.4) is 0 Å². The Kier molecular flexibility index (Phi) is 5.87. The number of thiophene rings is 1. The molecule has 0 amide bonds. The van der Waals surface area contributed by atoms with Gasteiger partial charge >= 0.3 is 0 Å².